The first kappa shape index (κ1) is 18.5. The third-order valence-corrected chi connectivity index (χ3v) is 3.67. The van der Waals surface area contributed by atoms with Crippen LogP contribution in [0.2, 0.25) is 0 Å². The zero-order chi connectivity index (χ0) is 19.7. The summed E-state index contributed by atoms with van der Waals surface area (Å²) in [7, 11) is 0. The number of carbonyl (C=O) groups is 3. The number of fused-ring (bicyclic) bond motifs is 1. The van der Waals surface area contributed by atoms with Crippen molar-refractivity contribution in [1.82, 2.24) is 19.5 Å². The van der Waals surface area contributed by atoms with Gasteiger partial charge in [-0.05, 0) is 0 Å². The predicted molar refractivity (Wildman–Crippen MR) is 84.9 cm³/mol. The second-order valence-corrected chi connectivity index (χ2v) is 5.71. The van der Waals surface area contributed by atoms with Crippen LogP contribution in [-0.4, -0.2) is 55.9 Å². The van der Waals surface area contributed by atoms with Crippen molar-refractivity contribution in [3.05, 3.63) is 23.0 Å². The molecule has 1 N–H and O–H groups in total. The Morgan fingerprint density at radius 3 is 2.30 bits per heavy atom. The zero-order valence-electron chi connectivity index (χ0n) is 14.6. The molecule has 0 aromatic carbocycles. The van der Waals surface area contributed by atoms with Crippen molar-refractivity contribution >= 4 is 29.1 Å². The number of ether oxygens (including phenoxy) is 4. The number of rotatable bonds is 4. The first-order valence-electron chi connectivity index (χ1n) is 7.85. The van der Waals surface area contributed by atoms with Gasteiger partial charge in [-0.2, -0.15) is 0 Å². The molecule has 12 nitrogen and oxygen atoms in total. The van der Waals surface area contributed by atoms with Gasteiger partial charge in [-0.1, -0.05) is 0 Å². The third-order valence-electron chi connectivity index (χ3n) is 3.67. The molecule has 1 fully saturated rings. The summed E-state index contributed by atoms with van der Waals surface area (Å²) in [5.74, 6) is -2.06. The number of esters is 3. The second kappa shape index (κ2) is 7.15. The molecule has 0 amide bonds. The monoisotopic (exact) mass is 380 g/mol. The van der Waals surface area contributed by atoms with Crippen LogP contribution in [0, 0.1) is 0 Å². The van der Waals surface area contributed by atoms with E-state index in [0.29, 0.717) is 0 Å². The number of nitrogens with one attached hydrogen (secondary N) is 1. The fourth-order valence-electron chi connectivity index (χ4n) is 2.77. The van der Waals surface area contributed by atoms with Crippen LogP contribution in [-0.2, 0) is 33.3 Å². The van der Waals surface area contributed by atoms with Gasteiger partial charge in [-0.15, -0.1) is 0 Å². The Bertz CT molecular complexity index is 951. The van der Waals surface area contributed by atoms with Crippen LogP contribution in [0.5, 0.6) is 0 Å². The molecule has 0 aliphatic carbocycles. The standard InChI is InChI=1S/C15H16N4O8/c1-6(20)24-10-11(25-7(2)21)15(26-8(3)22)27-14(10)19-5-18-9-12(19)16-4-17-13(9)23/h4-5,10-11,14-15H,1-3H3,(H,16,17,23)/t10-,11+,14+,15-/m1/s1. The van der Waals surface area contributed by atoms with E-state index < -0.39 is 48.2 Å². The maximum absolute atomic E-state index is 11.8. The fraction of sp³-hybridized carbons (Fsp3) is 0.467. The number of aromatic amines is 1. The summed E-state index contributed by atoms with van der Waals surface area (Å²) in [4.78, 5) is 56.7. The molecule has 27 heavy (non-hydrogen) atoms. The lowest BCUT2D eigenvalue weighted by Crippen LogP contribution is -2.40. The van der Waals surface area contributed by atoms with Crippen LogP contribution >= 0.6 is 0 Å². The largest absolute Gasteiger partial charge is 0.453 e. The average molecular weight is 380 g/mol. The van der Waals surface area contributed by atoms with Gasteiger partial charge in [0, 0.05) is 20.8 Å². The SMILES string of the molecule is CC(=O)O[C@@H]1O[C@H](n2cnc3c(=O)[nH]cnc32)[C@H](OC(C)=O)[C@@H]1OC(C)=O. The Kier molecular flexibility index (Phi) is 4.90. The van der Waals surface area contributed by atoms with Crippen molar-refractivity contribution in [1.29, 1.82) is 0 Å². The highest BCUT2D eigenvalue weighted by molar-refractivity contribution is 5.70. The van der Waals surface area contributed by atoms with Crippen LogP contribution in [0.1, 0.15) is 27.0 Å². The van der Waals surface area contributed by atoms with Crippen molar-refractivity contribution in [2.45, 2.75) is 45.5 Å². The van der Waals surface area contributed by atoms with E-state index in [4.69, 9.17) is 18.9 Å². The second-order valence-electron chi connectivity index (χ2n) is 5.71. The van der Waals surface area contributed by atoms with Gasteiger partial charge in [0.25, 0.3) is 5.56 Å². The van der Waals surface area contributed by atoms with E-state index in [1.165, 1.54) is 17.2 Å². The van der Waals surface area contributed by atoms with Crippen molar-refractivity contribution in [3.8, 4) is 0 Å². The highest BCUT2D eigenvalue weighted by Crippen LogP contribution is 2.35. The van der Waals surface area contributed by atoms with Crippen LogP contribution in [0.15, 0.2) is 17.4 Å². The molecule has 3 heterocycles. The highest BCUT2D eigenvalue weighted by Gasteiger charge is 2.52. The third kappa shape index (κ3) is 3.65. The number of aromatic nitrogens is 4. The van der Waals surface area contributed by atoms with Crippen LogP contribution in [0.25, 0.3) is 11.2 Å². The van der Waals surface area contributed by atoms with E-state index in [-0.39, 0.29) is 11.2 Å². The van der Waals surface area contributed by atoms with E-state index in [1.54, 1.807) is 0 Å². The summed E-state index contributed by atoms with van der Waals surface area (Å²) in [6, 6.07) is 0. The summed E-state index contributed by atoms with van der Waals surface area (Å²) in [6.45, 7) is 3.46. The van der Waals surface area contributed by atoms with Crippen molar-refractivity contribution in [2.24, 2.45) is 0 Å². The van der Waals surface area contributed by atoms with Gasteiger partial charge in [-0.25, -0.2) is 9.97 Å². The molecule has 0 unspecified atom stereocenters. The minimum atomic E-state index is -1.33. The zero-order valence-corrected chi connectivity index (χ0v) is 14.6. The molecule has 1 aliphatic rings. The Morgan fingerprint density at radius 1 is 1.04 bits per heavy atom. The van der Waals surface area contributed by atoms with Gasteiger partial charge in [-0.3, -0.25) is 23.7 Å². The maximum atomic E-state index is 11.8. The maximum Gasteiger partial charge on any atom is 0.305 e. The van der Waals surface area contributed by atoms with Gasteiger partial charge >= 0.3 is 17.9 Å². The van der Waals surface area contributed by atoms with Crippen LogP contribution in [0.4, 0.5) is 0 Å². The van der Waals surface area contributed by atoms with Crippen molar-refractivity contribution in [2.75, 3.05) is 0 Å². The Morgan fingerprint density at radius 2 is 1.67 bits per heavy atom. The smallest absolute Gasteiger partial charge is 0.305 e. The van der Waals surface area contributed by atoms with E-state index in [1.807, 2.05) is 0 Å². The van der Waals surface area contributed by atoms with Gasteiger partial charge in [0.15, 0.2) is 23.5 Å². The number of H-pyrrole nitrogens is 1. The minimum Gasteiger partial charge on any atom is -0.453 e. The number of hydrogen-bond donors (Lipinski definition) is 1. The van der Waals surface area contributed by atoms with Crippen LogP contribution < -0.4 is 5.56 Å². The molecule has 2 aromatic rings. The number of nitrogens with zero attached hydrogens (tertiary/aromatic N) is 3. The predicted octanol–water partition coefficient (Wildman–Crippen LogP) is -0.599. The Hall–Kier alpha value is -3.28. The molecule has 0 spiro atoms. The summed E-state index contributed by atoms with van der Waals surface area (Å²) in [6.07, 6.45) is -2.41. The summed E-state index contributed by atoms with van der Waals surface area (Å²) in [5.41, 5.74) is -0.303. The normalized spacial score (nSPS) is 24.6. The molecule has 12 heteroatoms. The van der Waals surface area contributed by atoms with Gasteiger partial charge in [0.05, 0.1) is 12.7 Å². The van der Waals surface area contributed by atoms with Crippen molar-refractivity contribution in [3.63, 3.8) is 0 Å². The molecule has 0 radical (unpaired) electrons. The number of hydrogen-bond acceptors (Lipinski definition) is 10. The van der Waals surface area contributed by atoms with E-state index >= 15 is 0 Å². The topological polar surface area (TPSA) is 152 Å². The van der Waals surface area contributed by atoms with Crippen molar-refractivity contribution < 1.29 is 33.3 Å². The summed E-state index contributed by atoms with van der Waals surface area (Å²) >= 11 is 0. The van der Waals surface area contributed by atoms with E-state index in [0.717, 1.165) is 20.8 Å². The molecule has 3 rings (SSSR count). The Balaban J connectivity index is 2.06. The highest BCUT2D eigenvalue weighted by atomic mass is 16.8. The number of carbonyl (C=O) groups excluding carboxylic acids is 3. The first-order chi connectivity index (χ1) is 12.8. The fourth-order valence-corrected chi connectivity index (χ4v) is 2.77. The van der Waals surface area contributed by atoms with Gasteiger partial charge < -0.3 is 23.9 Å². The minimum absolute atomic E-state index is 0.0302. The van der Waals surface area contributed by atoms with Gasteiger partial charge in [0.1, 0.15) is 0 Å². The summed E-state index contributed by atoms with van der Waals surface area (Å²) < 4.78 is 22.5. The first-order valence-corrected chi connectivity index (χ1v) is 7.85. The van der Waals surface area contributed by atoms with Gasteiger partial charge in [0.2, 0.25) is 12.4 Å². The van der Waals surface area contributed by atoms with Crippen LogP contribution in [0.3, 0.4) is 0 Å². The molecular weight excluding hydrogens is 364 g/mol. The average Bonchev–Trinajstić information content (AvgIpc) is 3.11. The molecule has 1 saturated heterocycles. The van der Waals surface area contributed by atoms with E-state index in [2.05, 4.69) is 15.0 Å². The molecule has 1 aliphatic heterocycles. The molecule has 4 atom stereocenters. The molecule has 0 saturated carbocycles. The lowest BCUT2D eigenvalue weighted by atomic mass is 10.2. The quantitative estimate of drug-likeness (QED) is 0.537. The lowest BCUT2D eigenvalue weighted by molar-refractivity contribution is -0.198. The summed E-state index contributed by atoms with van der Waals surface area (Å²) in [5, 5.41) is 0. The molecule has 2 aromatic heterocycles. The van der Waals surface area contributed by atoms with E-state index in [9.17, 15) is 19.2 Å². The number of imidazole rings is 1. The molecular formula is C15H16N4O8. The Labute approximate surface area is 151 Å². The molecule has 144 valence electrons. The molecule has 0 bridgehead atoms. The lowest BCUT2D eigenvalue weighted by Gasteiger charge is -2.23.